The molecular formula is C13H9N3O4. The Bertz CT molecular complexity index is 698. The lowest BCUT2D eigenvalue weighted by molar-refractivity contribution is -0.124. The number of carbonyl (C=O) groups is 4. The number of imide groups is 2. The van der Waals surface area contributed by atoms with Crippen molar-refractivity contribution >= 4 is 35.0 Å². The van der Waals surface area contributed by atoms with Crippen LogP contribution in [-0.4, -0.2) is 30.8 Å². The molecule has 2 N–H and O–H groups in total. The third-order valence-electron chi connectivity index (χ3n) is 3.21. The van der Waals surface area contributed by atoms with Gasteiger partial charge in [-0.3, -0.25) is 25.0 Å². The molecule has 1 aromatic carbocycles. The molecule has 7 heteroatoms. The van der Waals surface area contributed by atoms with Crippen LogP contribution in [0, 0.1) is 0 Å². The van der Waals surface area contributed by atoms with E-state index in [1.165, 1.54) is 4.90 Å². The van der Waals surface area contributed by atoms with Crippen LogP contribution in [0.5, 0.6) is 0 Å². The van der Waals surface area contributed by atoms with Crippen LogP contribution in [0.4, 0.5) is 10.5 Å². The number of likely N-dealkylation sites (N-methyl/N-ethyl adjacent to an activating group) is 1. The molecule has 0 saturated carbocycles. The maximum atomic E-state index is 12.3. The summed E-state index contributed by atoms with van der Waals surface area (Å²) < 4.78 is 0. The van der Waals surface area contributed by atoms with Crippen molar-refractivity contribution in [3.8, 4) is 0 Å². The zero-order valence-electron chi connectivity index (χ0n) is 10.4. The molecule has 2 heterocycles. The van der Waals surface area contributed by atoms with Crippen LogP contribution in [0.3, 0.4) is 0 Å². The number of hydrogen-bond acceptors (Lipinski definition) is 4. The predicted molar refractivity (Wildman–Crippen MR) is 68.5 cm³/mol. The predicted octanol–water partition coefficient (Wildman–Crippen LogP) is -0.217. The van der Waals surface area contributed by atoms with E-state index in [0.29, 0.717) is 11.3 Å². The number of rotatable bonds is 0. The topological polar surface area (TPSA) is 95.6 Å². The molecule has 20 heavy (non-hydrogen) atoms. The molecule has 100 valence electrons. The first-order chi connectivity index (χ1) is 9.50. The first-order valence-corrected chi connectivity index (χ1v) is 5.79. The molecule has 3 rings (SSSR count). The molecule has 0 aliphatic carbocycles. The van der Waals surface area contributed by atoms with Crippen molar-refractivity contribution in [1.29, 1.82) is 0 Å². The van der Waals surface area contributed by atoms with Gasteiger partial charge in [0.2, 0.25) is 0 Å². The van der Waals surface area contributed by atoms with E-state index in [0.717, 1.165) is 0 Å². The van der Waals surface area contributed by atoms with Gasteiger partial charge < -0.3 is 4.90 Å². The quantitative estimate of drug-likeness (QED) is 0.504. The van der Waals surface area contributed by atoms with Crippen LogP contribution in [0.15, 0.2) is 29.8 Å². The molecule has 1 saturated heterocycles. The molecule has 0 radical (unpaired) electrons. The van der Waals surface area contributed by atoms with E-state index >= 15 is 0 Å². The van der Waals surface area contributed by atoms with E-state index in [9.17, 15) is 19.2 Å². The molecule has 0 unspecified atom stereocenters. The average Bonchev–Trinajstić information content (AvgIpc) is 2.64. The second-order valence-electron chi connectivity index (χ2n) is 4.37. The average molecular weight is 271 g/mol. The summed E-state index contributed by atoms with van der Waals surface area (Å²) in [4.78, 5) is 48.4. The van der Waals surface area contributed by atoms with E-state index in [4.69, 9.17) is 0 Å². The summed E-state index contributed by atoms with van der Waals surface area (Å²) in [6.07, 6.45) is 0. The van der Waals surface area contributed by atoms with Crippen molar-refractivity contribution in [2.24, 2.45) is 0 Å². The molecule has 0 bridgehead atoms. The molecule has 7 nitrogen and oxygen atoms in total. The molecule has 1 aromatic rings. The van der Waals surface area contributed by atoms with Gasteiger partial charge in [-0.1, -0.05) is 18.2 Å². The maximum absolute atomic E-state index is 12.3. The van der Waals surface area contributed by atoms with Gasteiger partial charge in [-0.25, -0.2) is 4.79 Å². The highest BCUT2D eigenvalue weighted by molar-refractivity contribution is 6.44. The van der Waals surface area contributed by atoms with Gasteiger partial charge in [-0.2, -0.15) is 0 Å². The Hall–Kier alpha value is -2.96. The fourth-order valence-corrected chi connectivity index (χ4v) is 2.30. The number of carbonyl (C=O) groups excluding carboxylic acids is 4. The number of nitrogens with zero attached hydrogens (tertiary/aromatic N) is 1. The number of fused-ring (bicyclic) bond motifs is 1. The summed E-state index contributed by atoms with van der Waals surface area (Å²) in [5.41, 5.74) is 0.768. The van der Waals surface area contributed by atoms with E-state index < -0.39 is 23.8 Å². The summed E-state index contributed by atoms with van der Waals surface area (Å²) in [6, 6.07) is 5.92. The Labute approximate surface area is 113 Å². The SMILES string of the molecule is CN1C(=O)C(=C2C(=O)NC(=O)NC2=O)c2ccccc21. The number of nitrogens with one attached hydrogen (secondary N) is 2. The lowest BCUT2D eigenvalue weighted by Gasteiger charge is -2.16. The normalized spacial score (nSPS) is 18.1. The van der Waals surface area contributed by atoms with Crippen molar-refractivity contribution in [2.75, 3.05) is 11.9 Å². The molecular weight excluding hydrogens is 262 g/mol. The van der Waals surface area contributed by atoms with Gasteiger partial charge in [0.25, 0.3) is 17.7 Å². The van der Waals surface area contributed by atoms with Crippen molar-refractivity contribution < 1.29 is 19.2 Å². The number of barbiturate groups is 1. The Morgan fingerprint density at radius 2 is 1.50 bits per heavy atom. The maximum Gasteiger partial charge on any atom is 0.328 e. The number of benzene rings is 1. The minimum absolute atomic E-state index is 0.00519. The zero-order valence-corrected chi connectivity index (χ0v) is 10.4. The van der Waals surface area contributed by atoms with Crippen LogP contribution in [0.25, 0.3) is 5.57 Å². The Kier molecular flexibility index (Phi) is 2.43. The molecule has 0 aromatic heterocycles. The zero-order chi connectivity index (χ0) is 14.4. The van der Waals surface area contributed by atoms with Gasteiger partial charge in [0.15, 0.2) is 0 Å². The number of urea groups is 1. The Balaban J connectivity index is 2.26. The highest BCUT2D eigenvalue weighted by Crippen LogP contribution is 2.37. The fraction of sp³-hybridized carbons (Fsp3) is 0.0769. The minimum Gasteiger partial charge on any atom is -0.311 e. The van der Waals surface area contributed by atoms with E-state index in [-0.39, 0.29) is 11.1 Å². The largest absolute Gasteiger partial charge is 0.328 e. The van der Waals surface area contributed by atoms with Gasteiger partial charge in [0.1, 0.15) is 5.57 Å². The standard InChI is InChI=1S/C13H9N3O4/c1-16-7-5-3-2-4-6(7)8(12(16)19)9-10(17)14-13(20)15-11(9)18/h2-5H,1H3,(H2,14,15,17,18,20). The van der Waals surface area contributed by atoms with Gasteiger partial charge in [-0.05, 0) is 6.07 Å². The highest BCUT2D eigenvalue weighted by atomic mass is 16.2. The monoisotopic (exact) mass is 271 g/mol. The Morgan fingerprint density at radius 3 is 2.15 bits per heavy atom. The molecule has 0 atom stereocenters. The smallest absolute Gasteiger partial charge is 0.311 e. The number of para-hydroxylation sites is 1. The first-order valence-electron chi connectivity index (χ1n) is 5.79. The number of anilines is 1. The lowest BCUT2D eigenvalue weighted by Crippen LogP contribution is -2.52. The summed E-state index contributed by atoms with van der Waals surface area (Å²) in [7, 11) is 1.55. The van der Waals surface area contributed by atoms with Crippen LogP contribution in [0.1, 0.15) is 5.56 Å². The molecule has 2 aliphatic heterocycles. The van der Waals surface area contributed by atoms with Crippen molar-refractivity contribution in [3.63, 3.8) is 0 Å². The third-order valence-corrected chi connectivity index (χ3v) is 3.21. The van der Waals surface area contributed by atoms with E-state index in [1.807, 2.05) is 10.6 Å². The van der Waals surface area contributed by atoms with Crippen molar-refractivity contribution in [1.82, 2.24) is 10.6 Å². The van der Waals surface area contributed by atoms with Crippen LogP contribution < -0.4 is 15.5 Å². The Morgan fingerprint density at radius 1 is 0.900 bits per heavy atom. The van der Waals surface area contributed by atoms with Crippen molar-refractivity contribution in [2.45, 2.75) is 0 Å². The second-order valence-corrected chi connectivity index (χ2v) is 4.37. The van der Waals surface area contributed by atoms with Crippen LogP contribution in [0.2, 0.25) is 0 Å². The summed E-state index contributed by atoms with van der Waals surface area (Å²) in [5, 5.41) is 3.93. The highest BCUT2D eigenvalue weighted by Gasteiger charge is 2.39. The van der Waals surface area contributed by atoms with Crippen LogP contribution >= 0.6 is 0 Å². The number of amides is 5. The van der Waals surface area contributed by atoms with Gasteiger partial charge in [0.05, 0.1) is 11.3 Å². The summed E-state index contributed by atoms with van der Waals surface area (Å²) in [6.45, 7) is 0. The van der Waals surface area contributed by atoms with E-state index in [2.05, 4.69) is 0 Å². The molecule has 5 amide bonds. The fourth-order valence-electron chi connectivity index (χ4n) is 2.30. The van der Waals surface area contributed by atoms with E-state index in [1.54, 1.807) is 31.3 Å². The van der Waals surface area contributed by atoms with Crippen molar-refractivity contribution in [3.05, 3.63) is 35.4 Å². The van der Waals surface area contributed by atoms with Gasteiger partial charge in [-0.15, -0.1) is 0 Å². The molecule has 2 aliphatic rings. The summed E-state index contributed by atoms with van der Waals surface area (Å²) >= 11 is 0. The number of hydrogen-bond donors (Lipinski definition) is 2. The molecule has 0 spiro atoms. The van der Waals surface area contributed by atoms with Gasteiger partial charge >= 0.3 is 6.03 Å². The summed E-state index contributed by atoms with van der Waals surface area (Å²) in [5.74, 6) is -2.19. The van der Waals surface area contributed by atoms with Crippen LogP contribution in [-0.2, 0) is 14.4 Å². The molecule has 1 fully saturated rings. The third kappa shape index (κ3) is 1.53. The second kappa shape index (κ2) is 4.02. The first kappa shape index (κ1) is 12.1. The minimum atomic E-state index is -0.892. The van der Waals surface area contributed by atoms with Gasteiger partial charge in [0, 0.05) is 12.6 Å². The lowest BCUT2D eigenvalue weighted by atomic mass is 9.99.